The normalized spacial score (nSPS) is 18.6. The molecule has 1 aliphatic rings. The minimum absolute atomic E-state index is 0.0328. The number of allylic oxidation sites excluding steroid dienone is 3. The maximum absolute atomic E-state index is 11.8. The second-order valence-corrected chi connectivity index (χ2v) is 6.47. The molecule has 0 fully saturated rings. The lowest BCUT2D eigenvalue weighted by Crippen LogP contribution is -2.31. The monoisotopic (exact) mass is 236 g/mol. The van der Waals surface area contributed by atoms with Crippen LogP contribution in [0.15, 0.2) is 23.0 Å². The molecule has 1 aliphatic carbocycles. The Hall–Kier alpha value is -1.38. The third-order valence-electron chi connectivity index (χ3n) is 2.78. The van der Waals surface area contributed by atoms with Crippen LogP contribution in [-0.4, -0.2) is 16.7 Å². The molecule has 0 aromatic rings. The average molecular weight is 236 g/mol. The van der Waals surface area contributed by atoms with Crippen molar-refractivity contribution in [3.63, 3.8) is 0 Å². The fraction of sp³-hybridized carbons (Fsp3) is 0.571. The van der Waals surface area contributed by atoms with Crippen molar-refractivity contribution >= 4 is 11.6 Å². The van der Waals surface area contributed by atoms with Crippen molar-refractivity contribution in [3.05, 3.63) is 23.0 Å². The second kappa shape index (κ2) is 3.83. The smallest absolute Gasteiger partial charge is 0.233 e. The molecule has 0 spiro atoms. The minimum atomic E-state index is -0.594. The van der Waals surface area contributed by atoms with E-state index in [2.05, 4.69) is 0 Å². The number of Topliss-reactive ketones (excluding diaryl/α,β-unsaturated/α-hetero) is 1. The first kappa shape index (κ1) is 13.7. The van der Waals surface area contributed by atoms with E-state index in [9.17, 15) is 14.7 Å². The van der Waals surface area contributed by atoms with Crippen LogP contribution < -0.4 is 0 Å². The summed E-state index contributed by atoms with van der Waals surface area (Å²) in [5, 5.41) is 10.2. The number of carbonyl (C=O) groups is 2. The third-order valence-corrected chi connectivity index (χ3v) is 2.78. The van der Waals surface area contributed by atoms with E-state index >= 15 is 0 Å². The molecule has 3 nitrogen and oxygen atoms in total. The molecule has 0 saturated heterocycles. The average Bonchev–Trinajstić information content (AvgIpc) is 2.07. The first-order valence-corrected chi connectivity index (χ1v) is 5.71. The van der Waals surface area contributed by atoms with Gasteiger partial charge in [-0.1, -0.05) is 41.5 Å². The Morgan fingerprint density at radius 2 is 1.41 bits per heavy atom. The topological polar surface area (TPSA) is 54.4 Å². The summed E-state index contributed by atoms with van der Waals surface area (Å²) in [4.78, 5) is 23.5. The minimum Gasteiger partial charge on any atom is -0.507 e. The van der Waals surface area contributed by atoms with E-state index in [1.165, 1.54) is 6.08 Å². The van der Waals surface area contributed by atoms with Crippen molar-refractivity contribution in [2.24, 2.45) is 10.8 Å². The van der Waals surface area contributed by atoms with Crippen molar-refractivity contribution in [2.75, 3.05) is 0 Å². The maximum atomic E-state index is 11.8. The molecule has 0 bridgehead atoms. The van der Waals surface area contributed by atoms with Crippen LogP contribution in [0.5, 0.6) is 0 Å². The Morgan fingerprint density at radius 3 is 1.76 bits per heavy atom. The maximum Gasteiger partial charge on any atom is 0.233 e. The molecule has 0 aliphatic heterocycles. The molecule has 94 valence electrons. The summed E-state index contributed by atoms with van der Waals surface area (Å²) in [7, 11) is 0. The molecule has 3 heteroatoms. The molecular weight excluding hydrogens is 216 g/mol. The van der Waals surface area contributed by atoms with Crippen LogP contribution in [0, 0.1) is 10.8 Å². The van der Waals surface area contributed by atoms with Gasteiger partial charge in [-0.25, -0.2) is 0 Å². The quantitative estimate of drug-likeness (QED) is 0.519. The van der Waals surface area contributed by atoms with Gasteiger partial charge in [-0.05, 0) is 16.9 Å². The Bertz CT molecular complexity index is 437. The van der Waals surface area contributed by atoms with Gasteiger partial charge >= 0.3 is 0 Å². The van der Waals surface area contributed by atoms with Crippen LogP contribution in [0.4, 0.5) is 0 Å². The summed E-state index contributed by atoms with van der Waals surface area (Å²) in [6, 6.07) is 0. The van der Waals surface area contributed by atoms with E-state index in [1.807, 2.05) is 41.5 Å². The molecule has 0 aromatic heterocycles. The van der Waals surface area contributed by atoms with Crippen LogP contribution in [-0.2, 0) is 9.59 Å². The van der Waals surface area contributed by atoms with Crippen molar-refractivity contribution in [2.45, 2.75) is 41.5 Å². The van der Waals surface area contributed by atoms with Crippen molar-refractivity contribution in [1.29, 1.82) is 0 Å². The number of aliphatic hydroxyl groups excluding tert-OH is 1. The molecule has 0 saturated carbocycles. The van der Waals surface area contributed by atoms with Crippen LogP contribution in [0.2, 0.25) is 0 Å². The number of rotatable bonds is 0. The summed E-state index contributed by atoms with van der Waals surface area (Å²) >= 11 is 0. The van der Waals surface area contributed by atoms with E-state index in [0.717, 1.165) is 0 Å². The number of carbonyl (C=O) groups excluding carboxylic acids is 2. The van der Waals surface area contributed by atoms with Crippen LogP contribution in [0.25, 0.3) is 0 Å². The fourth-order valence-electron chi connectivity index (χ4n) is 1.90. The lowest BCUT2D eigenvalue weighted by molar-refractivity contribution is -0.132. The second-order valence-electron chi connectivity index (χ2n) is 6.47. The van der Waals surface area contributed by atoms with Gasteiger partial charge < -0.3 is 5.11 Å². The van der Waals surface area contributed by atoms with E-state index < -0.39 is 17.0 Å². The Labute approximate surface area is 102 Å². The van der Waals surface area contributed by atoms with Gasteiger partial charge in [-0.3, -0.25) is 9.59 Å². The largest absolute Gasteiger partial charge is 0.507 e. The molecule has 0 unspecified atom stereocenters. The van der Waals surface area contributed by atoms with Gasteiger partial charge in [-0.2, -0.15) is 0 Å². The molecule has 0 amide bonds. The Kier molecular flexibility index (Phi) is 3.08. The van der Waals surface area contributed by atoms with Crippen molar-refractivity contribution in [3.8, 4) is 0 Å². The van der Waals surface area contributed by atoms with Gasteiger partial charge in [0.2, 0.25) is 11.6 Å². The Morgan fingerprint density at radius 1 is 0.941 bits per heavy atom. The molecule has 0 aromatic carbocycles. The first-order valence-electron chi connectivity index (χ1n) is 5.71. The molecule has 0 radical (unpaired) electrons. The van der Waals surface area contributed by atoms with Crippen molar-refractivity contribution in [1.82, 2.24) is 0 Å². The van der Waals surface area contributed by atoms with Crippen LogP contribution >= 0.6 is 0 Å². The van der Waals surface area contributed by atoms with Gasteiger partial charge in [0.15, 0.2) is 0 Å². The van der Waals surface area contributed by atoms with E-state index in [4.69, 9.17) is 0 Å². The molecule has 17 heavy (non-hydrogen) atoms. The van der Waals surface area contributed by atoms with Gasteiger partial charge in [0.1, 0.15) is 5.76 Å². The van der Waals surface area contributed by atoms with Crippen LogP contribution in [0.1, 0.15) is 41.5 Å². The summed E-state index contributed by atoms with van der Waals surface area (Å²) in [5.74, 6) is -1.17. The summed E-state index contributed by atoms with van der Waals surface area (Å²) in [5.41, 5.74) is -0.152. The first-order chi connectivity index (χ1) is 7.46. The Balaban J connectivity index is 3.49. The molecule has 0 heterocycles. The zero-order valence-corrected chi connectivity index (χ0v) is 11.3. The number of aliphatic hydroxyl groups is 1. The van der Waals surface area contributed by atoms with Gasteiger partial charge in [0, 0.05) is 5.57 Å². The lowest BCUT2D eigenvalue weighted by Gasteiger charge is -2.30. The van der Waals surface area contributed by atoms with E-state index in [0.29, 0.717) is 5.57 Å². The van der Waals surface area contributed by atoms with Gasteiger partial charge in [0.25, 0.3) is 0 Å². The highest BCUT2D eigenvalue weighted by atomic mass is 16.3. The highest BCUT2D eigenvalue weighted by Gasteiger charge is 2.38. The predicted octanol–water partition coefficient (Wildman–Crippen LogP) is 2.97. The number of hydrogen-bond donors (Lipinski definition) is 1. The van der Waals surface area contributed by atoms with Crippen LogP contribution in [0.3, 0.4) is 0 Å². The third kappa shape index (κ3) is 2.48. The number of hydrogen-bond acceptors (Lipinski definition) is 3. The standard InChI is InChI=1S/C14H20O3/c1-13(2,3)8-7-9(15)12(17)10(11(8)16)14(4,5)6/h7,16H,1-6H3. The molecule has 1 N–H and O–H groups in total. The molecular formula is C14H20O3. The summed E-state index contributed by atoms with van der Waals surface area (Å²) < 4.78 is 0. The molecule has 0 atom stereocenters. The summed E-state index contributed by atoms with van der Waals surface area (Å²) in [6.07, 6.45) is 1.26. The zero-order chi connectivity index (χ0) is 13.6. The van der Waals surface area contributed by atoms with Crippen molar-refractivity contribution < 1.29 is 14.7 Å². The lowest BCUT2D eigenvalue weighted by atomic mass is 9.73. The predicted molar refractivity (Wildman–Crippen MR) is 66.7 cm³/mol. The van der Waals surface area contributed by atoms with E-state index in [-0.39, 0.29) is 16.7 Å². The zero-order valence-electron chi connectivity index (χ0n) is 11.3. The highest BCUT2D eigenvalue weighted by molar-refractivity contribution is 6.48. The fourth-order valence-corrected chi connectivity index (χ4v) is 1.90. The van der Waals surface area contributed by atoms with Gasteiger partial charge in [0.05, 0.1) is 5.57 Å². The SMILES string of the molecule is CC(C)(C)C1=CC(=O)C(=O)C(C(C)(C)C)=C1O. The van der Waals surface area contributed by atoms with E-state index in [1.54, 1.807) is 0 Å². The number of ketones is 2. The highest BCUT2D eigenvalue weighted by Crippen LogP contribution is 2.39. The van der Waals surface area contributed by atoms with Gasteiger partial charge in [-0.15, -0.1) is 0 Å². The summed E-state index contributed by atoms with van der Waals surface area (Å²) in [6.45, 7) is 11.1. The molecule has 1 rings (SSSR count).